The van der Waals surface area contributed by atoms with E-state index in [2.05, 4.69) is 43.4 Å². The summed E-state index contributed by atoms with van der Waals surface area (Å²) in [5, 5.41) is 10.5. The van der Waals surface area contributed by atoms with E-state index in [0.717, 1.165) is 35.4 Å². The van der Waals surface area contributed by atoms with Crippen molar-refractivity contribution in [3.63, 3.8) is 0 Å². The maximum atomic E-state index is 12.3. The number of benzene rings is 2. The second-order valence-corrected chi connectivity index (χ2v) is 9.04. The maximum absolute atomic E-state index is 12.3. The van der Waals surface area contributed by atoms with Gasteiger partial charge in [0, 0.05) is 39.4 Å². The zero-order chi connectivity index (χ0) is 27.2. The molecule has 198 valence electrons. The Kier molecular flexibility index (Phi) is 8.12. The van der Waals surface area contributed by atoms with Gasteiger partial charge in [-0.15, -0.1) is 0 Å². The summed E-state index contributed by atoms with van der Waals surface area (Å²) >= 11 is 0. The molecule has 10 heteroatoms. The van der Waals surface area contributed by atoms with E-state index in [4.69, 9.17) is 9.72 Å². The van der Waals surface area contributed by atoms with Crippen LogP contribution in [0.1, 0.15) is 0 Å². The molecule has 0 unspecified atom stereocenters. The van der Waals surface area contributed by atoms with Gasteiger partial charge in [0.25, 0.3) is 0 Å². The van der Waals surface area contributed by atoms with Crippen molar-refractivity contribution in [1.82, 2.24) is 19.4 Å². The van der Waals surface area contributed by atoms with Crippen LogP contribution < -0.4 is 25.6 Å². The van der Waals surface area contributed by atoms with Gasteiger partial charge in [-0.2, -0.15) is 4.98 Å². The molecule has 3 N–H and O–H groups in total. The summed E-state index contributed by atoms with van der Waals surface area (Å²) in [4.78, 5) is 25.8. The molecule has 2 aromatic heterocycles. The van der Waals surface area contributed by atoms with Crippen LogP contribution in [0.25, 0.3) is 16.7 Å². The Morgan fingerprint density at radius 1 is 1.11 bits per heavy atom. The molecule has 2 heterocycles. The quantitative estimate of drug-likeness (QED) is 0.254. The minimum Gasteiger partial charge on any atom is -0.494 e. The molecule has 1 amide bonds. The number of hydrogen-bond acceptors (Lipinski definition) is 8. The van der Waals surface area contributed by atoms with Crippen LogP contribution in [0.4, 0.5) is 28.7 Å². The maximum Gasteiger partial charge on any atom is 0.247 e. The number of para-hydroxylation sites is 1. The lowest BCUT2D eigenvalue weighted by Crippen LogP contribution is -2.29. The van der Waals surface area contributed by atoms with Crippen LogP contribution in [0, 0.1) is 0 Å². The van der Waals surface area contributed by atoms with Gasteiger partial charge in [0.05, 0.1) is 41.6 Å². The molecule has 10 nitrogen and oxygen atoms in total. The SMILES string of the molecule is C=CC(=O)Nc1cc(Nc2ncc(NC)c(-n3ccc4ccccc43)n2)c(OC)cc1N(C)CCN(C)C. The van der Waals surface area contributed by atoms with Gasteiger partial charge in [0.2, 0.25) is 11.9 Å². The number of hydrogen-bond donors (Lipinski definition) is 3. The first kappa shape index (κ1) is 26.5. The third kappa shape index (κ3) is 5.70. The Morgan fingerprint density at radius 3 is 2.61 bits per heavy atom. The van der Waals surface area contributed by atoms with Crippen LogP contribution >= 0.6 is 0 Å². The number of carbonyl (C=O) groups excluding carboxylic acids is 1. The summed E-state index contributed by atoms with van der Waals surface area (Å²) in [5.74, 6) is 1.36. The van der Waals surface area contributed by atoms with Gasteiger partial charge in [0.15, 0.2) is 5.82 Å². The van der Waals surface area contributed by atoms with E-state index in [1.54, 1.807) is 13.3 Å². The normalized spacial score (nSPS) is 10.9. The van der Waals surface area contributed by atoms with E-state index in [1.807, 2.05) is 75.4 Å². The lowest BCUT2D eigenvalue weighted by Gasteiger charge is -2.26. The van der Waals surface area contributed by atoms with Crippen LogP contribution in [0.15, 0.2) is 67.5 Å². The molecule has 0 radical (unpaired) electrons. The van der Waals surface area contributed by atoms with Crippen LogP contribution in [-0.2, 0) is 4.79 Å². The van der Waals surface area contributed by atoms with Gasteiger partial charge in [0.1, 0.15) is 5.75 Å². The number of fused-ring (bicyclic) bond motifs is 1. The largest absolute Gasteiger partial charge is 0.494 e. The van der Waals surface area contributed by atoms with Crippen molar-refractivity contribution < 1.29 is 9.53 Å². The molecule has 0 bridgehead atoms. The van der Waals surface area contributed by atoms with Crippen molar-refractivity contribution in [3.05, 3.63) is 67.5 Å². The van der Waals surface area contributed by atoms with Gasteiger partial charge in [-0.05, 0) is 43.8 Å². The molecule has 38 heavy (non-hydrogen) atoms. The number of likely N-dealkylation sites (N-methyl/N-ethyl adjacent to an activating group) is 2. The molecule has 2 aromatic carbocycles. The number of rotatable bonds is 11. The fourth-order valence-corrected chi connectivity index (χ4v) is 4.09. The smallest absolute Gasteiger partial charge is 0.247 e. The van der Waals surface area contributed by atoms with Crippen LogP contribution in [0.3, 0.4) is 0 Å². The Morgan fingerprint density at radius 2 is 1.89 bits per heavy atom. The molecule has 0 saturated carbocycles. The Hall–Kier alpha value is -4.57. The van der Waals surface area contributed by atoms with Crippen LogP contribution in [0.5, 0.6) is 5.75 Å². The highest BCUT2D eigenvalue weighted by molar-refractivity contribution is 6.02. The van der Waals surface area contributed by atoms with Gasteiger partial charge < -0.3 is 30.5 Å². The highest BCUT2D eigenvalue weighted by atomic mass is 16.5. The number of anilines is 5. The molecule has 0 fully saturated rings. The number of aromatic nitrogens is 3. The van der Waals surface area contributed by atoms with Crippen molar-refractivity contribution in [2.24, 2.45) is 0 Å². The average Bonchev–Trinajstić information content (AvgIpc) is 3.35. The minimum atomic E-state index is -0.306. The summed E-state index contributed by atoms with van der Waals surface area (Å²) in [5.41, 5.74) is 3.85. The van der Waals surface area contributed by atoms with Gasteiger partial charge in [-0.3, -0.25) is 9.36 Å². The predicted octanol–water partition coefficient (Wildman–Crippen LogP) is 4.34. The summed E-state index contributed by atoms with van der Waals surface area (Å²) in [6.45, 7) is 5.18. The number of methoxy groups -OCH3 is 1. The summed E-state index contributed by atoms with van der Waals surface area (Å²) < 4.78 is 7.74. The van der Waals surface area contributed by atoms with E-state index in [-0.39, 0.29) is 5.91 Å². The van der Waals surface area contributed by atoms with Crippen molar-refractivity contribution in [2.45, 2.75) is 0 Å². The first-order chi connectivity index (χ1) is 18.3. The number of ether oxygens (including phenoxy) is 1. The van der Waals surface area contributed by atoms with E-state index in [0.29, 0.717) is 28.9 Å². The molecule has 0 aliphatic rings. The molecule has 0 saturated heterocycles. The molecule has 0 atom stereocenters. The standard InChI is InChI=1S/C28H34N8O2/c1-7-26(37)31-20-16-21(25(38-6)17-24(20)35(5)15-14-34(3)4)32-28-30-18-22(29-2)27(33-28)36-13-12-19-10-8-9-11-23(19)36/h7-13,16-18,29H,1,14-15H2,2-6H3,(H,31,37)(H,30,32,33). The first-order valence-electron chi connectivity index (χ1n) is 12.2. The van der Waals surface area contributed by atoms with Crippen LogP contribution in [0.2, 0.25) is 0 Å². The third-order valence-electron chi connectivity index (χ3n) is 6.17. The summed E-state index contributed by atoms with van der Waals surface area (Å²) in [6.07, 6.45) is 4.96. The molecule has 4 rings (SSSR count). The highest BCUT2D eigenvalue weighted by Gasteiger charge is 2.18. The fraction of sp³-hybridized carbons (Fsp3) is 0.250. The molecule has 4 aromatic rings. The predicted molar refractivity (Wildman–Crippen MR) is 155 cm³/mol. The molecule has 0 spiro atoms. The van der Waals surface area contributed by atoms with E-state index in [1.165, 1.54) is 6.08 Å². The monoisotopic (exact) mass is 514 g/mol. The lowest BCUT2D eigenvalue weighted by molar-refractivity contribution is -0.111. The highest BCUT2D eigenvalue weighted by Crippen LogP contribution is 2.38. The van der Waals surface area contributed by atoms with Crippen molar-refractivity contribution in [2.75, 3.05) is 69.2 Å². The zero-order valence-electron chi connectivity index (χ0n) is 22.4. The van der Waals surface area contributed by atoms with Crippen LogP contribution in [-0.4, -0.2) is 73.7 Å². The van der Waals surface area contributed by atoms with E-state index in [9.17, 15) is 4.79 Å². The second kappa shape index (κ2) is 11.7. The number of amides is 1. The van der Waals surface area contributed by atoms with Crippen molar-refractivity contribution in [3.8, 4) is 11.6 Å². The Labute approximate surface area is 222 Å². The summed E-state index contributed by atoms with van der Waals surface area (Å²) in [6, 6.07) is 13.9. The van der Waals surface area contributed by atoms with E-state index >= 15 is 0 Å². The van der Waals surface area contributed by atoms with Crippen molar-refractivity contribution in [1.29, 1.82) is 0 Å². The van der Waals surface area contributed by atoms with E-state index < -0.39 is 0 Å². The second-order valence-electron chi connectivity index (χ2n) is 9.04. The number of carbonyl (C=O) groups is 1. The molecule has 0 aliphatic heterocycles. The first-order valence-corrected chi connectivity index (χ1v) is 12.2. The fourth-order valence-electron chi connectivity index (χ4n) is 4.09. The van der Waals surface area contributed by atoms with Gasteiger partial charge in [-0.25, -0.2) is 4.98 Å². The number of nitrogens with one attached hydrogen (secondary N) is 3. The molecular formula is C28H34N8O2. The molecule has 0 aliphatic carbocycles. The topological polar surface area (TPSA) is 99.6 Å². The molecular weight excluding hydrogens is 480 g/mol. The minimum absolute atomic E-state index is 0.306. The van der Waals surface area contributed by atoms with Gasteiger partial charge >= 0.3 is 0 Å². The average molecular weight is 515 g/mol. The van der Waals surface area contributed by atoms with Crippen molar-refractivity contribution >= 4 is 45.5 Å². The zero-order valence-corrected chi connectivity index (χ0v) is 22.4. The Bertz CT molecular complexity index is 1450. The number of nitrogens with zero attached hydrogens (tertiary/aromatic N) is 5. The lowest BCUT2D eigenvalue weighted by atomic mass is 10.2. The Balaban J connectivity index is 1.74. The summed E-state index contributed by atoms with van der Waals surface area (Å²) in [7, 11) is 9.46. The third-order valence-corrected chi connectivity index (χ3v) is 6.17. The van der Waals surface area contributed by atoms with Gasteiger partial charge in [-0.1, -0.05) is 24.8 Å².